The Kier molecular flexibility index (Phi) is 3.44. The Balaban J connectivity index is 1.88. The Hall–Kier alpha value is -0.800. The normalized spacial score (nSPS) is 19.1. The van der Waals surface area contributed by atoms with E-state index in [-0.39, 0.29) is 0 Å². The molecule has 1 N–H and O–H groups in total. The number of hydrogen-bond donors (Lipinski definition) is 1. The third kappa shape index (κ3) is 2.61. The molecule has 1 aliphatic carbocycles. The second kappa shape index (κ2) is 4.81. The zero-order chi connectivity index (χ0) is 10.7. The molecule has 3 heteroatoms. The average Bonchev–Trinajstić information content (AvgIpc) is 2.61. The van der Waals surface area contributed by atoms with E-state index in [2.05, 4.69) is 24.3 Å². The third-order valence-electron chi connectivity index (χ3n) is 3.20. The molecule has 0 amide bonds. The molecule has 1 saturated carbocycles. The Bertz CT molecular complexity index is 278. The molecule has 0 spiro atoms. The van der Waals surface area contributed by atoms with Gasteiger partial charge in [0.2, 0.25) is 0 Å². The molecule has 3 nitrogen and oxygen atoms in total. The van der Waals surface area contributed by atoms with Crippen LogP contribution in [-0.2, 0) is 0 Å². The molecule has 15 heavy (non-hydrogen) atoms. The van der Waals surface area contributed by atoms with E-state index >= 15 is 0 Å². The standard InChI is InChI=1S/C12H20N2O/c1-14(2)11(12-7-4-8-15-12)9-13-10-5-3-6-10/h4,7-8,10-11,13H,3,5-6,9H2,1-2H3/t11-/m0/s1. The lowest BCUT2D eigenvalue weighted by Crippen LogP contribution is -2.40. The van der Waals surface area contributed by atoms with E-state index in [1.807, 2.05) is 12.1 Å². The first-order chi connectivity index (χ1) is 7.27. The molecule has 0 aromatic carbocycles. The molecule has 0 bridgehead atoms. The van der Waals surface area contributed by atoms with Gasteiger partial charge < -0.3 is 9.73 Å². The van der Waals surface area contributed by atoms with Gasteiger partial charge in [0.1, 0.15) is 5.76 Å². The summed E-state index contributed by atoms with van der Waals surface area (Å²) in [6.45, 7) is 0.977. The molecule has 1 aromatic heterocycles. The smallest absolute Gasteiger partial charge is 0.122 e. The van der Waals surface area contributed by atoms with Crippen LogP contribution in [0.4, 0.5) is 0 Å². The number of likely N-dealkylation sites (N-methyl/N-ethyl adjacent to an activating group) is 1. The molecule has 1 atom stereocenters. The molecule has 1 aromatic rings. The molecule has 0 saturated heterocycles. The molecule has 1 heterocycles. The van der Waals surface area contributed by atoms with Crippen LogP contribution in [0.25, 0.3) is 0 Å². The highest BCUT2D eigenvalue weighted by atomic mass is 16.3. The summed E-state index contributed by atoms with van der Waals surface area (Å²) in [5.41, 5.74) is 0. The van der Waals surface area contributed by atoms with Gasteiger partial charge in [-0.1, -0.05) is 6.42 Å². The van der Waals surface area contributed by atoms with Crippen LogP contribution in [0.2, 0.25) is 0 Å². The van der Waals surface area contributed by atoms with Gasteiger partial charge in [-0.05, 0) is 39.1 Å². The molecule has 1 fully saturated rings. The summed E-state index contributed by atoms with van der Waals surface area (Å²) < 4.78 is 5.46. The number of hydrogen-bond acceptors (Lipinski definition) is 3. The first kappa shape index (κ1) is 10.7. The van der Waals surface area contributed by atoms with Gasteiger partial charge in [-0.15, -0.1) is 0 Å². The maximum Gasteiger partial charge on any atom is 0.122 e. The summed E-state index contributed by atoms with van der Waals surface area (Å²) >= 11 is 0. The van der Waals surface area contributed by atoms with Crippen molar-refractivity contribution in [3.05, 3.63) is 24.2 Å². The Morgan fingerprint density at radius 1 is 1.53 bits per heavy atom. The van der Waals surface area contributed by atoms with Crippen molar-refractivity contribution in [2.45, 2.75) is 31.3 Å². The zero-order valence-electron chi connectivity index (χ0n) is 9.57. The van der Waals surface area contributed by atoms with E-state index in [0.717, 1.165) is 18.3 Å². The fourth-order valence-electron chi connectivity index (χ4n) is 1.91. The largest absolute Gasteiger partial charge is 0.468 e. The van der Waals surface area contributed by atoms with E-state index in [4.69, 9.17) is 4.42 Å². The van der Waals surface area contributed by atoms with Crippen molar-refractivity contribution < 1.29 is 4.42 Å². The van der Waals surface area contributed by atoms with Crippen LogP contribution in [0.1, 0.15) is 31.1 Å². The Labute approximate surface area is 91.4 Å². The van der Waals surface area contributed by atoms with Crippen molar-refractivity contribution >= 4 is 0 Å². The van der Waals surface area contributed by atoms with E-state index in [0.29, 0.717) is 6.04 Å². The van der Waals surface area contributed by atoms with Crippen LogP contribution >= 0.6 is 0 Å². The van der Waals surface area contributed by atoms with E-state index in [9.17, 15) is 0 Å². The van der Waals surface area contributed by atoms with Crippen LogP contribution in [0.3, 0.4) is 0 Å². The average molecular weight is 208 g/mol. The molecule has 84 valence electrons. The third-order valence-corrected chi connectivity index (χ3v) is 3.20. The fourth-order valence-corrected chi connectivity index (χ4v) is 1.91. The minimum Gasteiger partial charge on any atom is -0.468 e. The van der Waals surface area contributed by atoms with Crippen molar-refractivity contribution in [1.82, 2.24) is 10.2 Å². The summed E-state index contributed by atoms with van der Waals surface area (Å²) in [6, 6.07) is 5.09. The minimum atomic E-state index is 0.348. The molecule has 1 aliphatic rings. The van der Waals surface area contributed by atoms with Crippen LogP contribution in [0.15, 0.2) is 22.8 Å². The lowest BCUT2D eigenvalue weighted by Gasteiger charge is -2.30. The summed E-state index contributed by atoms with van der Waals surface area (Å²) in [6.07, 6.45) is 5.79. The molecular formula is C12H20N2O. The van der Waals surface area contributed by atoms with Crippen molar-refractivity contribution in [3.8, 4) is 0 Å². The number of nitrogens with zero attached hydrogens (tertiary/aromatic N) is 1. The molecule has 2 rings (SSSR count). The van der Waals surface area contributed by atoms with E-state index < -0.39 is 0 Å². The maximum absolute atomic E-state index is 5.46. The predicted octanol–water partition coefficient (Wildman–Crippen LogP) is 2.02. The SMILES string of the molecule is CN(C)[C@@H](CNC1CCC1)c1ccco1. The molecule has 0 unspecified atom stereocenters. The minimum absolute atomic E-state index is 0.348. The van der Waals surface area contributed by atoms with Gasteiger partial charge in [0.05, 0.1) is 12.3 Å². The van der Waals surface area contributed by atoms with E-state index in [1.165, 1.54) is 19.3 Å². The zero-order valence-corrected chi connectivity index (χ0v) is 9.57. The van der Waals surface area contributed by atoms with Gasteiger partial charge in [-0.25, -0.2) is 0 Å². The Morgan fingerprint density at radius 2 is 2.33 bits per heavy atom. The van der Waals surface area contributed by atoms with Crippen LogP contribution < -0.4 is 5.32 Å². The molecule has 0 aliphatic heterocycles. The fraction of sp³-hybridized carbons (Fsp3) is 0.667. The van der Waals surface area contributed by atoms with Gasteiger partial charge in [-0.2, -0.15) is 0 Å². The number of furan rings is 1. The highest BCUT2D eigenvalue weighted by Crippen LogP contribution is 2.21. The summed E-state index contributed by atoms with van der Waals surface area (Å²) in [5, 5.41) is 3.59. The second-order valence-corrected chi connectivity index (χ2v) is 4.53. The van der Waals surface area contributed by atoms with Gasteiger partial charge >= 0.3 is 0 Å². The van der Waals surface area contributed by atoms with Crippen molar-refractivity contribution in [2.75, 3.05) is 20.6 Å². The van der Waals surface area contributed by atoms with E-state index in [1.54, 1.807) is 6.26 Å². The van der Waals surface area contributed by atoms with Crippen LogP contribution in [0.5, 0.6) is 0 Å². The predicted molar refractivity (Wildman–Crippen MR) is 60.8 cm³/mol. The topological polar surface area (TPSA) is 28.4 Å². The van der Waals surface area contributed by atoms with Gasteiger partial charge in [0, 0.05) is 12.6 Å². The first-order valence-corrected chi connectivity index (χ1v) is 5.70. The second-order valence-electron chi connectivity index (χ2n) is 4.53. The van der Waals surface area contributed by atoms with Gasteiger partial charge in [-0.3, -0.25) is 4.90 Å². The first-order valence-electron chi connectivity index (χ1n) is 5.70. The lowest BCUT2D eigenvalue weighted by atomic mass is 9.93. The lowest BCUT2D eigenvalue weighted by molar-refractivity contribution is 0.227. The number of rotatable bonds is 5. The molecule has 0 radical (unpaired) electrons. The summed E-state index contributed by atoms with van der Waals surface area (Å²) in [7, 11) is 4.19. The van der Waals surface area contributed by atoms with Crippen molar-refractivity contribution in [1.29, 1.82) is 0 Å². The van der Waals surface area contributed by atoms with Gasteiger partial charge in [0.25, 0.3) is 0 Å². The Morgan fingerprint density at radius 3 is 2.80 bits per heavy atom. The quantitative estimate of drug-likeness (QED) is 0.802. The van der Waals surface area contributed by atoms with Crippen molar-refractivity contribution in [3.63, 3.8) is 0 Å². The summed E-state index contributed by atoms with van der Waals surface area (Å²) in [5.74, 6) is 1.05. The summed E-state index contributed by atoms with van der Waals surface area (Å²) in [4.78, 5) is 2.20. The molecular weight excluding hydrogens is 188 g/mol. The van der Waals surface area contributed by atoms with Crippen LogP contribution in [0, 0.1) is 0 Å². The monoisotopic (exact) mass is 208 g/mol. The number of nitrogens with one attached hydrogen (secondary N) is 1. The highest BCUT2D eigenvalue weighted by molar-refractivity contribution is 5.05. The van der Waals surface area contributed by atoms with Crippen molar-refractivity contribution in [2.24, 2.45) is 0 Å². The van der Waals surface area contributed by atoms with Gasteiger partial charge in [0.15, 0.2) is 0 Å². The highest BCUT2D eigenvalue weighted by Gasteiger charge is 2.21. The maximum atomic E-state index is 5.46. The van der Waals surface area contributed by atoms with Crippen LogP contribution in [-0.4, -0.2) is 31.6 Å².